The fourth-order valence-corrected chi connectivity index (χ4v) is 3.34. The lowest BCUT2D eigenvalue weighted by Gasteiger charge is -2.23. The fraction of sp³-hybridized carbons (Fsp3) is 0.200. The first-order chi connectivity index (χ1) is 13.0. The molecule has 0 aliphatic carbocycles. The van der Waals surface area contributed by atoms with Crippen molar-refractivity contribution in [1.82, 2.24) is 0 Å². The molecule has 0 N–H and O–H groups in total. The number of benzene rings is 3. The van der Waals surface area contributed by atoms with Crippen molar-refractivity contribution >= 4 is 16.9 Å². The van der Waals surface area contributed by atoms with Crippen LogP contribution in [0.3, 0.4) is 0 Å². The summed E-state index contributed by atoms with van der Waals surface area (Å²) in [6, 6.07) is 28.0. The second kappa shape index (κ2) is 8.13. The first kappa shape index (κ1) is 18.8. The van der Waals surface area contributed by atoms with Crippen LogP contribution in [0.1, 0.15) is 22.6 Å². The van der Waals surface area contributed by atoms with E-state index >= 15 is 0 Å². The Hall–Kier alpha value is -3.00. The second-order valence-corrected chi connectivity index (χ2v) is 7.30. The van der Waals surface area contributed by atoms with E-state index < -0.39 is 0 Å². The largest absolute Gasteiger partial charge is 0.378 e. The molecule has 0 aromatic heterocycles. The van der Waals surface area contributed by atoms with Gasteiger partial charge in [-0.15, -0.1) is 0 Å². The third kappa shape index (κ3) is 4.22. The van der Waals surface area contributed by atoms with Gasteiger partial charge in [0.05, 0.1) is 0 Å². The molecule has 27 heavy (non-hydrogen) atoms. The highest BCUT2D eigenvalue weighted by atomic mass is 15.1. The molecule has 0 heterocycles. The van der Waals surface area contributed by atoms with Gasteiger partial charge in [-0.3, -0.25) is 0 Å². The van der Waals surface area contributed by atoms with Crippen LogP contribution in [0, 0.1) is 0 Å². The standard InChI is InChI=1S/C25H28N2/c1-19(20-9-7-6-8-10-20)25(21-11-15-23(16-12-21)26(2)3)22-13-17-24(18-14-22)27(4)5/h6-18,25H,1H2,2-5H3. The summed E-state index contributed by atoms with van der Waals surface area (Å²) in [6.07, 6.45) is 0. The van der Waals surface area contributed by atoms with E-state index in [1.54, 1.807) is 0 Å². The molecule has 0 amide bonds. The van der Waals surface area contributed by atoms with Crippen LogP contribution in [-0.4, -0.2) is 28.2 Å². The Labute approximate surface area is 163 Å². The van der Waals surface area contributed by atoms with Crippen LogP contribution in [-0.2, 0) is 0 Å². The Morgan fingerprint density at radius 1 is 0.630 bits per heavy atom. The highest BCUT2D eigenvalue weighted by Gasteiger charge is 2.19. The maximum absolute atomic E-state index is 4.47. The average molecular weight is 357 g/mol. The third-order valence-electron chi connectivity index (χ3n) is 4.98. The molecule has 0 bridgehead atoms. The fourth-order valence-electron chi connectivity index (χ4n) is 3.34. The van der Waals surface area contributed by atoms with Crippen LogP contribution in [0.5, 0.6) is 0 Å². The van der Waals surface area contributed by atoms with Gasteiger partial charge in [0.25, 0.3) is 0 Å². The summed E-state index contributed by atoms with van der Waals surface area (Å²) in [7, 11) is 8.26. The number of hydrogen-bond donors (Lipinski definition) is 0. The van der Waals surface area contributed by atoms with Crippen molar-refractivity contribution in [2.24, 2.45) is 0 Å². The maximum Gasteiger partial charge on any atom is 0.0361 e. The molecule has 3 rings (SSSR count). The van der Waals surface area contributed by atoms with E-state index in [1.165, 1.54) is 28.1 Å². The maximum atomic E-state index is 4.47. The molecule has 2 heteroatoms. The molecule has 0 radical (unpaired) electrons. The monoisotopic (exact) mass is 356 g/mol. The molecular weight excluding hydrogens is 328 g/mol. The zero-order valence-electron chi connectivity index (χ0n) is 16.7. The summed E-state index contributed by atoms with van der Waals surface area (Å²) < 4.78 is 0. The molecule has 0 atom stereocenters. The van der Waals surface area contributed by atoms with Crippen LogP contribution < -0.4 is 9.80 Å². The highest BCUT2D eigenvalue weighted by Crippen LogP contribution is 2.37. The van der Waals surface area contributed by atoms with Gasteiger partial charge in [0.2, 0.25) is 0 Å². The van der Waals surface area contributed by atoms with E-state index in [2.05, 4.69) is 117 Å². The van der Waals surface area contributed by atoms with Crippen molar-refractivity contribution in [1.29, 1.82) is 0 Å². The first-order valence-corrected chi connectivity index (χ1v) is 9.26. The van der Waals surface area contributed by atoms with Crippen molar-refractivity contribution in [2.45, 2.75) is 5.92 Å². The Morgan fingerprint density at radius 3 is 1.41 bits per heavy atom. The van der Waals surface area contributed by atoms with E-state index in [0.717, 1.165) is 5.57 Å². The lowest BCUT2D eigenvalue weighted by atomic mass is 9.82. The number of nitrogens with zero attached hydrogens (tertiary/aromatic N) is 2. The van der Waals surface area contributed by atoms with Crippen molar-refractivity contribution in [3.63, 3.8) is 0 Å². The van der Waals surface area contributed by atoms with Gasteiger partial charge in [0, 0.05) is 45.5 Å². The summed E-state index contributed by atoms with van der Waals surface area (Å²) >= 11 is 0. The zero-order valence-corrected chi connectivity index (χ0v) is 16.7. The molecule has 0 fully saturated rings. The van der Waals surface area contributed by atoms with Gasteiger partial charge in [0.15, 0.2) is 0 Å². The number of anilines is 2. The van der Waals surface area contributed by atoms with Crippen molar-refractivity contribution < 1.29 is 0 Å². The molecule has 2 nitrogen and oxygen atoms in total. The van der Waals surface area contributed by atoms with Crippen molar-refractivity contribution in [3.8, 4) is 0 Å². The summed E-state index contributed by atoms with van der Waals surface area (Å²) in [5.41, 5.74) is 7.21. The summed E-state index contributed by atoms with van der Waals surface area (Å²) in [5.74, 6) is 0.125. The quantitative estimate of drug-likeness (QED) is 0.562. The minimum Gasteiger partial charge on any atom is -0.378 e. The first-order valence-electron chi connectivity index (χ1n) is 9.26. The smallest absolute Gasteiger partial charge is 0.0361 e. The van der Waals surface area contributed by atoms with Crippen LogP contribution in [0.15, 0.2) is 85.4 Å². The Bertz CT molecular complexity index is 824. The normalized spacial score (nSPS) is 10.7. The topological polar surface area (TPSA) is 6.48 Å². The van der Waals surface area contributed by atoms with E-state index in [0.29, 0.717) is 0 Å². The lowest BCUT2D eigenvalue weighted by molar-refractivity contribution is 1.04. The van der Waals surface area contributed by atoms with Gasteiger partial charge in [-0.25, -0.2) is 0 Å². The Kier molecular flexibility index (Phi) is 5.66. The lowest BCUT2D eigenvalue weighted by Crippen LogP contribution is -2.10. The minimum absolute atomic E-state index is 0.125. The van der Waals surface area contributed by atoms with Gasteiger partial charge in [0.1, 0.15) is 0 Å². The van der Waals surface area contributed by atoms with Gasteiger partial charge < -0.3 is 9.80 Å². The van der Waals surface area contributed by atoms with Crippen LogP contribution >= 0.6 is 0 Å². The van der Waals surface area contributed by atoms with Gasteiger partial charge in [-0.2, -0.15) is 0 Å². The van der Waals surface area contributed by atoms with Crippen molar-refractivity contribution in [3.05, 3.63) is 102 Å². The van der Waals surface area contributed by atoms with Crippen LogP contribution in [0.4, 0.5) is 11.4 Å². The summed E-state index contributed by atoms with van der Waals surface area (Å²) in [4.78, 5) is 4.24. The molecule has 3 aromatic carbocycles. The van der Waals surface area contributed by atoms with Gasteiger partial charge in [-0.1, -0.05) is 61.2 Å². The van der Waals surface area contributed by atoms with Gasteiger partial charge >= 0.3 is 0 Å². The number of allylic oxidation sites excluding steroid dienone is 1. The SMILES string of the molecule is C=C(c1ccccc1)C(c1ccc(N(C)C)cc1)c1ccc(N(C)C)cc1. The molecule has 0 spiro atoms. The predicted molar refractivity (Wildman–Crippen MR) is 119 cm³/mol. The third-order valence-corrected chi connectivity index (χ3v) is 4.98. The summed E-state index contributed by atoms with van der Waals surface area (Å²) in [5, 5.41) is 0. The van der Waals surface area contributed by atoms with Crippen LogP contribution in [0.25, 0.3) is 5.57 Å². The highest BCUT2D eigenvalue weighted by molar-refractivity contribution is 5.74. The van der Waals surface area contributed by atoms with Gasteiger partial charge in [-0.05, 0) is 46.5 Å². The van der Waals surface area contributed by atoms with Crippen molar-refractivity contribution in [2.75, 3.05) is 38.0 Å². The van der Waals surface area contributed by atoms with E-state index in [4.69, 9.17) is 0 Å². The van der Waals surface area contributed by atoms with E-state index in [-0.39, 0.29) is 5.92 Å². The molecule has 0 saturated carbocycles. The molecule has 0 unspecified atom stereocenters. The molecular formula is C25H28N2. The Balaban J connectivity index is 2.04. The molecule has 0 saturated heterocycles. The zero-order chi connectivity index (χ0) is 19.4. The summed E-state index contributed by atoms with van der Waals surface area (Å²) in [6.45, 7) is 4.47. The molecule has 0 aliphatic heterocycles. The average Bonchev–Trinajstić information content (AvgIpc) is 2.69. The number of rotatable bonds is 6. The minimum atomic E-state index is 0.125. The Morgan fingerprint density at radius 2 is 1.04 bits per heavy atom. The number of hydrogen-bond acceptors (Lipinski definition) is 2. The molecule has 3 aromatic rings. The van der Waals surface area contributed by atoms with E-state index in [9.17, 15) is 0 Å². The predicted octanol–water partition coefficient (Wildman–Crippen LogP) is 5.66. The second-order valence-electron chi connectivity index (χ2n) is 7.30. The molecule has 0 aliphatic rings. The van der Waals surface area contributed by atoms with E-state index in [1.807, 2.05) is 6.07 Å². The van der Waals surface area contributed by atoms with Crippen LogP contribution in [0.2, 0.25) is 0 Å². The molecule has 138 valence electrons.